The van der Waals surface area contributed by atoms with Crippen LogP contribution in [0.2, 0.25) is 0 Å². The van der Waals surface area contributed by atoms with E-state index >= 15 is 0 Å². The van der Waals surface area contributed by atoms with E-state index in [0.717, 1.165) is 5.56 Å². The Kier molecular flexibility index (Phi) is 7.33. The van der Waals surface area contributed by atoms with Gasteiger partial charge in [0.1, 0.15) is 0 Å². The number of cyclic esters (lactones) is 1. The second-order valence-corrected chi connectivity index (χ2v) is 8.88. The lowest BCUT2D eigenvalue weighted by molar-refractivity contribution is -0.384. The third-order valence-electron chi connectivity index (χ3n) is 4.69. The lowest BCUT2D eigenvalue weighted by Crippen LogP contribution is -2.06. The number of nitro groups is 1. The molecule has 35 heavy (non-hydrogen) atoms. The second-order valence-electron chi connectivity index (χ2n) is 7.11. The minimum atomic E-state index is -0.712. The van der Waals surface area contributed by atoms with Gasteiger partial charge in [0, 0.05) is 33.8 Å². The van der Waals surface area contributed by atoms with Gasteiger partial charge in [-0.3, -0.25) is 10.1 Å². The molecule has 0 amide bonds. The maximum Gasteiger partial charge on any atom is 0.363 e. The number of carbonyl (C=O) groups is 2. The number of halogens is 2. The molecule has 8 nitrogen and oxygen atoms in total. The number of nitro benzene ring substituents is 1. The molecular weight excluding hydrogens is 584 g/mol. The van der Waals surface area contributed by atoms with Crippen LogP contribution in [-0.2, 0) is 14.3 Å². The van der Waals surface area contributed by atoms with E-state index in [9.17, 15) is 19.7 Å². The molecular formula is C25H14Br2N2O6. The lowest BCUT2D eigenvalue weighted by Gasteiger charge is -2.09. The molecule has 0 bridgehead atoms. The van der Waals surface area contributed by atoms with Gasteiger partial charge in [0.15, 0.2) is 11.4 Å². The van der Waals surface area contributed by atoms with Crippen LogP contribution in [0.15, 0.2) is 92.4 Å². The van der Waals surface area contributed by atoms with Crippen LogP contribution in [0.5, 0.6) is 5.75 Å². The fourth-order valence-corrected chi connectivity index (χ4v) is 4.40. The second kappa shape index (κ2) is 10.6. The molecule has 0 saturated carbocycles. The van der Waals surface area contributed by atoms with Crippen LogP contribution in [0.4, 0.5) is 5.69 Å². The molecule has 0 fully saturated rings. The zero-order chi connectivity index (χ0) is 24.9. The van der Waals surface area contributed by atoms with E-state index in [2.05, 4.69) is 36.9 Å². The molecule has 0 spiro atoms. The molecule has 4 rings (SSSR count). The molecule has 0 saturated heterocycles. The van der Waals surface area contributed by atoms with Crippen molar-refractivity contribution in [1.82, 2.24) is 0 Å². The first-order chi connectivity index (χ1) is 16.8. The molecule has 0 unspecified atom stereocenters. The van der Waals surface area contributed by atoms with Crippen LogP contribution >= 0.6 is 31.9 Å². The number of benzene rings is 3. The molecule has 0 aromatic heterocycles. The average Bonchev–Trinajstić information content (AvgIpc) is 3.20. The van der Waals surface area contributed by atoms with Crippen LogP contribution in [-0.4, -0.2) is 22.8 Å². The number of nitrogens with zero attached hydrogens (tertiary/aromatic N) is 2. The highest BCUT2D eigenvalue weighted by Crippen LogP contribution is 2.35. The number of esters is 2. The predicted octanol–water partition coefficient (Wildman–Crippen LogP) is 6.08. The number of aliphatic imine (C=N–C) groups is 1. The molecule has 0 N–H and O–H groups in total. The van der Waals surface area contributed by atoms with Gasteiger partial charge < -0.3 is 9.47 Å². The Labute approximate surface area is 216 Å². The fraction of sp³-hybridized carbons (Fsp3) is 0. The standard InChI is InChI=1S/C25H14Br2N2O6/c26-18-12-17(23(20(27)14-18)34-22(30)11-6-15-4-2-1-3-5-15)13-21-25(31)35-24(28-21)16-7-9-19(10-8-16)29(32)33/h1-14H/b11-6+,21-13-. The summed E-state index contributed by atoms with van der Waals surface area (Å²) < 4.78 is 11.9. The van der Waals surface area contributed by atoms with E-state index in [1.807, 2.05) is 30.3 Å². The minimum absolute atomic E-state index is 0.00884. The SMILES string of the molecule is O=C(/C=C/c1ccccc1)Oc1c(Br)cc(Br)cc1/C=C1\N=C(c2ccc([N+](=O)[O-])cc2)OC1=O. The normalized spacial score (nSPS) is 14.2. The maximum absolute atomic E-state index is 12.5. The molecule has 174 valence electrons. The van der Waals surface area contributed by atoms with Gasteiger partial charge in [-0.2, -0.15) is 0 Å². The minimum Gasteiger partial charge on any atom is -0.422 e. The Balaban J connectivity index is 1.62. The zero-order valence-electron chi connectivity index (χ0n) is 17.7. The summed E-state index contributed by atoms with van der Waals surface area (Å²) in [6, 6.07) is 18.1. The summed E-state index contributed by atoms with van der Waals surface area (Å²) in [7, 11) is 0. The van der Waals surface area contributed by atoms with E-state index in [-0.39, 0.29) is 23.0 Å². The molecule has 3 aromatic rings. The van der Waals surface area contributed by atoms with Crippen LogP contribution in [0.3, 0.4) is 0 Å². The topological polar surface area (TPSA) is 108 Å². The number of hydrogen-bond donors (Lipinski definition) is 0. The molecule has 3 aromatic carbocycles. The van der Waals surface area contributed by atoms with E-state index in [4.69, 9.17) is 9.47 Å². The van der Waals surface area contributed by atoms with Gasteiger partial charge in [0.2, 0.25) is 5.90 Å². The maximum atomic E-state index is 12.5. The summed E-state index contributed by atoms with van der Waals surface area (Å²) in [5.41, 5.74) is 1.51. The van der Waals surface area contributed by atoms with Crippen molar-refractivity contribution >= 4 is 67.5 Å². The van der Waals surface area contributed by atoms with Gasteiger partial charge in [0.25, 0.3) is 5.69 Å². The summed E-state index contributed by atoms with van der Waals surface area (Å²) in [5.74, 6) is -1.12. The first-order valence-electron chi connectivity index (χ1n) is 10.0. The first kappa shape index (κ1) is 24.2. The molecule has 1 aliphatic heterocycles. The highest BCUT2D eigenvalue weighted by Gasteiger charge is 2.25. The van der Waals surface area contributed by atoms with E-state index in [1.165, 1.54) is 36.4 Å². The Morgan fingerprint density at radius 1 is 1.06 bits per heavy atom. The van der Waals surface area contributed by atoms with E-state index < -0.39 is 16.9 Å². The van der Waals surface area contributed by atoms with Crippen molar-refractivity contribution in [3.05, 3.63) is 114 Å². The van der Waals surface area contributed by atoms with Gasteiger partial charge in [-0.1, -0.05) is 46.3 Å². The molecule has 1 heterocycles. The van der Waals surface area contributed by atoms with Crippen molar-refractivity contribution in [2.75, 3.05) is 0 Å². The highest BCUT2D eigenvalue weighted by molar-refractivity contribution is 9.11. The van der Waals surface area contributed by atoms with Crippen LogP contribution in [0, 0.1) is 10.1 Å². The Morgan fingerprint density at radius 2 is 1.77 bits per heavy atom. The van der Waals surface area contributed by atoms with Gasteiger partial charge in [-0.15, -0.1) is 0 Å². The number of rotatable bonds is 6. The van der Waals surface area contributed by atoms with E-state index in [1.54, 1.807) is 18.2 Å². The molecule has 0 atom stereocenters. The Bertz CT molecular complexity index is 1410. The van der Waals surface area contributed by atoms with Crippen LogP contribution in [0.1, 0.15) is 16.7 Å². The van der Waals surface area contributed by atoms with E-state index in [0.29, 0.717) is 20.1 Å². The Hall–Kier alpha value is -3.89. The predicted molar refractivity (Wildman–Crippen MR) is 137 cm³/mol. The largest absolute Gasteiger partial charge is 0.422 e. The summed E-state index contributed by atoms with van der Waals surface area (Å²) in [4.78, 5) is 39.4. The highest BCUT2D eigenvalue weighted by atomic mass is 79.9. The van der Waals surface area contributed by atoms with Crippen LogP contribution in [0.25, 0.3) is 12.2 Å². The summed E-state index contributed by atoms with van der Waals surface area (Å²) in [5, 5.41) is 10.9. The Morgan fingerprint density at radius 3 is 2.46 bits per heavy atom. The quantitative estimate of drug-likeness (QED) is 0.112. The first-order valence-corrected chi connectivity index (χ1v) is 11.6. The zero-order valence-corrected chi connectivity index (χ0v) is 20.9. The van der Waals surface area contributed by atoms with Crippen molar-refractivity contribution in [3.63, 3.8) is 0 Å². The van der Waals surface area contributed by atoms with Gasteiger partial charge >= 0.3 is 11.9 Å². The summed E-state index contributed by atoms with van der Waals surface area (Å²) in [6.45, 7) is 0. The van der Waals surface area contributed by atoms with Crippen molar-refractivity contribution in [3.8, 4) is 5.75 Å². The monoisotopic (exact) mass is 596 g/mol. The van der Waals surface area contributed by atoms with Crippen molar-refractivity contribution in [1.29, 1.82) is 0 Å². The smallest absolute Gasteiger partial charge is 0.363 e. The fourth-order valence-electron chi connectivity index (χ4n) is 3.06. The molecule has 10 heteroatoms. The third kappa shape index (κ3) is 5.97. The number of carbonyl (C=O) groups excluding carboxylic acids is 2. The third-order valence-corrected chi connectivity index (χ3v) is 5.74. The van der Waals surface area contributed by atoms with Crippen molar-refractivity contribution in [2.24, 2.45) is 4.99 Å². The summed E-state index contributed by atoms with van der Waals surface area (Å²) in [6.07, 6.45) is 4.36. The number of non-ortho nitro benzene ring substituents is 1. The molecule has 1 aliphatic rings. The lowest BCUT2D eigenvalue weighted by atomic mass is 10.1. The average molecular weight is 598 g/mol. The molecule has 0 aliphatic carbocycles. The number of hydrogen-bond acceptors (Lipinski definition) is 7. The van der Waals surface area contributed by atoms with Crippen molar-refractivity contribution in [2.45, 2.75) is 0 Å². The van der Waals surface area contributed by atoms with Gasteiger partial charge in [-0.25, -0.2) is 14.6 Å². The van der Waals surface area contributed by atoms with Gasteiger partial charge in [0.05, 0.1) is 9.40 Å². The number of ether oxygens (including phenoxy) is 2. The van der Waals surface area contributed by atoms with Gasteiger partial charge in [-0.05, 0) is 57.9 Å². The summed E-state index contributed by atoms with van der Waals surface area (Å²) >= 11 is 6.77. The molecule has 0 radical (unpaired) electrons. The van der Waals surface area contributed by atoms with Crippen molar-refractivity contribution < 1.29 is 24.0 Å². The van der Waals surface area contributed by atoms with Crippen LogP contribution < -0.4 is 4.74 Å².